The van der Waals surface area contributed by atoms with Crippen molar-refractivity contribution in [3.05, 3.63) is 66.4 Å². The van der Waals surface area contributed by atoms with Gasteiger partial charge in [0.2, 0.25) is 0 Å². The monoisotopic (exact) mass is 495 g/mol. The van der Waals surface area contributed by atoms with Crippen molar-refractivity contribution in [1.29, 1.82) is 0 Å². The Hall–Kier alpha value is -3.91. The first-order chi connectivity index (χ1) is 18.0. The van der Waals surface area contributed by atoms with E-state index in [1.54, 1.807) is 48.7 Å². The first-order valence-electron chi connectivity index (χ1n) is 13.0. The number of hydrogen-bond acceptors (Lipinski definition) is 6. The van der Waals surface area contributed by atoms with Crippen molar-refractivity contribution in [1.82, 2.24) is 15.0 Å². The largest absolute Gasteiger partial charge is 0.506 e. The van der Waals surface area contributed by atoms with E-state index in [0.29, 0.717) is 57.2 Å². The minimum atomic E-state index is -0.265. The number of rotatable bonds is 5. The van der Waals surface area contributed by atoms with Gasteiger partial charge in [-0.05, 0) is 105 Å². The number of aromatic hydroxyl groups is 1. The summed E-state index contributed by atoms with van der Waals surface area (Å²) < 4.78 is 0. The molecule has 4 aliphatic rings. The molecule has 2 aromatic carbocycles. The van der Waals surface area contributed by atoms with Crippen molar-refractivity contribution in [2.24, 2.45) is 17.8 Å². The van der Waals surface area contributed by atoms with Crippen molar-refractivity contribution in [3.8, 4) is 17.1 Å². The number of fused-ring (bicyclic) bond motifs is 1. The van der Waals surface area contributed by atoms with Gasteiger partial charge in [0.25, 0.3) is 5.91 Å². The lowest BCUT2D eigenvalue weighted by Gasteiger charge is -2.59. The number of pyridine rings is 1. The SMILES string of the molecule is O=C(Nc1ccccn1)c1ccc2nc(-c3ccc(N(O)C45CC6CC(CC(C6)C4)C5)c(O)c3)[nH]c2c1. The summed E-state index contributed by atoms with van der Waals surface area (Å²) in [6, 6.07) is 15.9. The van der Waals surface area contributed by atoms with E-state index < -0.39 is 0 Å². The van der Waals surface area contributed by atoms with Crippen LogP contribution in [-0.4, -0.2) is 36.7 Å². The molecule has 4 aliphatic carbocycles. The van der Waals surface area contributed by atoms with Crippen LogP contribution in [0.1, 0.15) is 48.9 Å². The highest BCUT2D eigenvalue weighted by Gasteiger charge is 2.54. The zero-order chi connectivity index (χ0) is 25.1. The average molecular weight is 496 g/mol. The predicted octanol–water partition coefficient (Wildman–Crippen LogP) is 5.75. The van der Waals surface area contributed by atoms with Crippen LogP contribution in [0.4, 0.5) is 11.5 Å². The standard InChI is InChI=1S/C29H29N5O3/c35-25-13-20(5-7-24(25)34(37)29-14-17-9-18(15-29)11-19(10-17)16-29)27-31-22-6-4-21(12-23(22)32-27)28(36)33-26-3-1-2-8-30-26/h1-8,12-13,17-19,35,37H,9-11,14-16H2,(H,31,32)(H,30,33,36). The Morgan fingerprint density at radius 2 is 1.76 bits per heavy atom. The lowest BCUT2D eigenvalue weighted by atomic mass is 9.53. The Bertz CT molecular complexity index is 1460. The molecule has 188 valence electrons. The summed E-state index contributed by atoms with van der Waals surface area (Å²) in [4.78, 5) is 24.7. The van der Waals surface area contributed by atoms with Crippen molar-refractivity contribution < 1.29 is 15.1 Å². The lowest BCUT2D eigenvalue weighted by Crippen LogP contribution is -2.59. The molecule has 0 unspecified atom stereocenters. The maximum Gasteiger partial charge on any atom is 0.256 e. The van der Waals surface area contributed by atoms with E-state index in [0.717, 1.165) is 19.3 Å². The van der Waals surface area contributed by atoms with Gasteiger partial charge in [-0.3, -0.25) is 10.0 Å². The van der Waals surface area contributed by atoms with Crippen LogP contribution in [0.25, 0.3) is 22.4 Å². The number of nitrogens with zero attached hydrogens (tertiary/aromatic N) is 3. The van der Waals surface area contributed by atoms with Crippen molar-refractivity contribution in [2.45, 2.75) is 44.1 Å². The summed E-state index contributed by atoms with van der Waals surface area (Å²) in [6.07, 6.45) is 8.48. The summed E-state index contributed by atoms with van der Waals surface area (Å²) >= 11 is 0. The number of aromatic amines is 1. The normalized spacial score (nSPS) is 25.9. The van der Waals surface area contributed by atoms with Gasteiger partial charge in [0.1, 0.15) is 23.1 Å². The smallest absolute Gasteiger partial charge is 0.256 e. The second-order valence-corrected chi connectivity index (χ2v) is 11.1. The first-order valence-corrected chi connectivity index (χ1v) is 13.0. The van der Waals surface area contributed by atoms with E-state index in [2.05, 4.69) is 20.3 Å². The third-order valence-corrected chi connectivity index (χ3v) is 8.58. The molecular formula is C29H29N5O3. The number of aromatic nitrogens is 3. The van der Waals surface area contributed by atoms with Crippen LogP contribution in [0.2, 0.25) is 0 Å². The van der Waals surface area contributed by atoms with E-state index in [9.17, 15) is 15.1 Å². The third-order valence-electron chi connectivity index (χ3n) is 8.58. The Balaban J connectivity index is 1.14. The maximum atomic E-state index is 12.7. The fraction of sp³-hybridized carbons (Fsp3) is 0.345. The molecule has 0 atom stereocenters. The van der Waals surface area contributed by atoms with Crippen molar-refractivity contribution in [2.75, 3.05) is 10.4 Å². The van der Waals surface area contributed by atoms with Crippen molar-refractivity contribution >= 4 is 28.4 Å². The Morgan fingerprint density at radius 3 is 2.43 bits per heavy atom. The molecule has 2 aromatic heterocycles. The summed E-state index contributed by atoms with van der Waals surface area (Å²) in [5, 5.41) is 26.5. The molecule has 0 saturated heterocycles. The number of imidazole rings is 1. The van der Waals surface area contributed by atoms with Gasteiger partial charge in [0.05, 0.1) is 16.6 Å². The molecule has 37 heavy (non-hydrogen) atoms. The van der Waals surface area contributed by atoms with Crippen LogP contribution in [0.5, 0.6) is 5.75 Å². The molecular weight excluding hydrogens is 466 g/mol. The van der Waals surface area contributed by atoms with E-state index in [-0.39, 0.29) is 17.2 Å². The van der Waals surface area contributed by atoms with Gasteiger partial charge in [0, 0.05) is 17.3 Å². The zero-order valence-corrected chi connectivity index (χ0v) is 20.4. The Kier molecular flexibility index (Phi) is 5.01. The summed E-state index contributed by atoms with van der Waals surface area (Å²) in [6.45, 7) is 0. The molecule has 4 fully saturated rings. The predicted molar refractivity (Wildman–Crippen MR) is 141 cm³/mol. The highest BCUT2D eigenvalue weighted by molar-refractivity contribution is 6.05. The molecule has 4 N–H and O–H groups in total. The summed E-state index contributed by atoms with van der Waals surface area (Å²) in [5.74, 6) is 2.91. The number of hydrogen-bond donors (Lipinski definition) is 4. The molecule has 1 amide bonds. The second kappa shape index (κ2) is 8.31. The van der Waals surface area contributed by atoms with Gasteiger partial charge in [-0.25, -0.2) is 15.0 Å². The molecule has 8 nitrogen and oxygen atoms in total. The van der Waals surface area contributed by atoms with Crippen LogP contribution in [0.3, 0.4) is 0 Å². The van der Waals surface area contributed by atoms with Crippen LogP contribution in [-0.2, 0) is 0 Å². The van der Waals surface area contributed by atoms with E-state index in [4.69, 9.17) is 0 Å². The number of hydroxylamine groups is 1. The molecule has 4 aromatic rings. The Labute approximate surface area is 214 Å². The zero-order valence-electron chi connectivity index (χ0n) is 20.4. The van der Waals surface area contributed by atoms with Gasteiger partial charge in [-0.15, -0.1) is 0 Å². The fourth-order valence-electron chi connectivity index (χ4n) is 7.34. The molecule has 0 aliphatic heterocycles. The van der Waals surface area contributed by atoms with E-state index >= 15 is 0 Å². The van der Waals surface area contributed by atoms with Gasteiger partial charge < -0.3 is 15.4 Å². The topological polar surface area (TPSA) is 114 Å². The highest BCUT2D eigenvalue weighted by Crippen LogP contribution is 2.58. The van der Waals surface area contributed by atoms with E-state index in [1.165, 1.54) is 24.3 Å². The van der Waals surface area contributed by atoms with Crippen LogP contribution in [0.15, 0.2) is 60.8 Å². The second-order valence-electron chi connectivity index (χ2n) is 11.1. The van der Waals surface area contributed by atoms with Gasteiger partial charge in [-0.2, -0.15) is 0 Å². The average Bonchev–Trinajstić information content (AvgIpc) is 3.32. The molecule has 2 heterocycles. The number of anilines is 2. The minimum Gasteiger partial charge on any atom is -0.506 e. The van der Waals surface area contributed by atoms with Gasteiger partial charge in [-0.1, -0.05) is 6.07 Å². The number of carbonyl (C=O) groups is 1. The molecule has 4 saturated carbocycles. The van der Waals surface area contributed by atoms with Crippen LogP contribution >= 0.6 is 0 Å². The van der Waals surface area contributed by atoms with E-state index in [1.807, 2.05) is 12.1 Å². The third kappa shape index (κ3) is 3.83. The lowest BCUT2D eigenvalue weighted by molar-refractivity contribution is -0.0424. The molecule has 0 spiro atoms. The molecule has 8 heteroatoms. The molecule has 8 rings (SSSR count). The summed E-state index contributed by atoms with van der Waals surface area (Å²) in [7, 11) is 0. The number of carbonyl (C=O) groups excluding carboxylic acids is 1. The molecule has 0 radical (unpaired) electrons. The van der Waals surface area contributed by atoms with Crippen LogP contribution < -0.4 is 10.4 Å². The number of phenolic OH excluding ortho intramolecular Hbond substituents is 1. The van der Waals surface area contributed by atoms with Gasteiger partial charge >= 0.3 is 0 Å². The van der Waals surface area contributed by atoms with Crippen LogP contribution in [0, 0.1) is 17.8 Å². The highest BCUT2D eigenvalue weighted by atomic mass is 16.5. The number of nitrogens with one attached hydrogen (secondary N) is 2. The first kappa shape index (κ1) is 22.3. The number of H-pyrrole nitrogens is 1. The number of amides is 1. The number of phenols is 1. The Morgan fingerprint density at radius 1 is 1.00 bits per heavy atom. The quantitative estimate of drug-likeness (QED) is 0.262. The van der Waals surface area contributed by atoms with Gasteiger partial charge in [0.15, 0.2) is 0 Å². The summed E-state index contributed by atoms with van der Waals surface area (Å²) in [5.41, 5.74) is 2.80. The minimum absolute atomic E-state index is 0.0339. The van der Waals surface area contributed by atoms with Crippen molar-refractivity contribution in [3.63, 3.8) is 0 Å². The number of benzene rings is 2. The maximum absolute atomic E-state index is 12.7. The fourth-order valence-corrected chi connectivity index (χ4v) is 7.34. The molecule has 4 bridgehead atoms.